The molecule has 0 fully saturated rings. The molecule has 1 amide bonds. The predicted molar refractivity (Wildman–Crippen MR) is 94.4 cm³/mol. The molecule has 1 aromatic heterocycles. The first-order chi connectivity index (χ1) is 11.6. The fourth-order valence-corrected chi connectivity index (χ4v) is 3.02. The van der Waals surface area contributed by atoms with Crippen molar-refractivity contribution in [2.75, 3.05) is 5.32 Å². The summed E-state index contributed by atoms with van der Waals surface area (Å²) in [6.45, 7) is 0. The van der Waals surface area contributed by atoms with Crippen LogP contribution in [0.4, 0.5) is 10.1 Å². The molecule has 122 valence electrons. The van der Waals surface area contributed by atoms with Gasteiger partial charge in [0.05, 0.1) is 5.69 Å². The van der Waals surface area contributed by atoms with Crippen LogP contribution in [-0.4, -0.2) is 21.1 Å². The van der Waals surface area contributed by atoms with E-state index in [-0.39, 0.29) is 11.6 Å². The van der Waals surface area contributed by atoms with E-state index in [1.54, 1.807) is 18.2 Å². The molecule has 0 unspecified atom stereocenters. The predicted octanol–water partition coefficient (Wildman–Crippen LogP) is 4.25. The molecule has 5 nitrogen and oxygen atoms in total. The number of carbonyl (C=O) groups is 1. The Labute approximate surface area is 150 Å². The fraction of sp³-hybridized carbons (Fsp3) is 0.0625. The lowest BCUT2D eigenvalue weighted by molar-refractivity contribution is 0.102. The molecule has 0 bridgehead atoms. The van der Waals surface area contributed by atoms with Crippen LogP contribution in [-0.2, 0) is 5.75 Å². The number of hydrogen-bond donors (Lipinski definition) is 2. The molecule has 24 heavy (non-hydrogen) atoms. The molecule has 0 aliphatic rings. The lowest BCUT2D eigenvalue weighted by Crippen LogP contribution is -2.12. The highest BCUT2D eigenvalue weighted by atomic mass is 79.9. The van der Waals surface area contributed by atoms with E-state index in [0.29, 0.717) is 15.8 Å². The highest BCUT2D eigenvalue weighted by Crippen LogP contribution is 2.21. The fourth-order valence-electron chi connectivity index (χ4n) is 1.95. The molecular formula is C16H12BrFN4OS. The zero-order valence-electron chi connectivity index (χ0n) is 12.3. The molecule has 8 heteroatoms. The summed E-state index contributed by atoms with van der Waals surface area (Å²) in [6, 6.07) is 11.6. The smallest absolute Gasteiger partial charge is 0.255 e. The molecule has 0 aliphatic carbocycles. The molecule has 2 N–H and O–H groups in total. The summed E-state index contributed by atoms with van der Waals surface area (Å²) < 4.78 is 14.4. The zero-order valence-corrected chi connectivity index (χ0v) is 14.7. The van der Waals surface area contributed by atoms with Crippen LogP contribution in [0.15, 0.2) is 58.4 Å². The van der Waals surface area contributed by atoms with E-state index in [9.17, 15) is 9.18 Å². The average Bonchev–Trinajstić information content (AvgIpc) is 3.09. The molecule has 0 spiro atoms. The monoisotopic (exact) mass is 406 g/mol. The van der Waals surface area contributed by atoms with E-state index in [2.05, 4.69) is 36.4 Å². The van der Waals surface area contributed by atoms with E-state index < -0.39 is 5.82 Å². The summed E-state index contributed by atoms with van der Waals surface area (Å²) in [6.07, 6.45) is 1.46. The van der Waals surface area contributed by atoms with Gasteiger partial charge < -0.3 is 5.32 Å². The van der Waals surface area contributed by atoms with Crippen LogP contribution in [0.2, 0.25) is 0 Å². The van der Waals surface area contributed by atoms with Crippen LogP contribution in [0.3, 0.4) is 0 Å². The van der Waals surface area contributed by atoms with Gasteiger partial charge in [-0.25, -0.2) is 9.37 Å². The summed E-state index contributed by atoms with van der Waals surface area (Å²) in [5.74, 6) is -0.137. The number of nitrogens with zero attached hydrogens (tertiary/aromatic N) is 2. The molecule has 0 radical (unpaired) electrons. The SMILES string of the molecule is O=C(Nc1ccc(Br)cc1F)c1ccc(CSc2ncn[nH]2)cc1. The minimum atomic E-state index is -0.488. The van der Waals surface area contributed by atoms with Gasteiger partial charge in [0.15, 0.2) is 5.16 Å². The Morgan fingerprint density at radius 1 is 1.25 bits per heavy atom. The number of amides is 1. The molecule has 0 aliphatic heterocycles. The minimum Gasteiger partial charge on any atom is -0.319 e. The van der Waals surface area contributed by atoms with Crippen molar-refractivity contribution in [2.24, 2.45) is 0 Å². The van der Waals surface area contributed by atoms with Crippen molar-refractivity contribution in [2.45, 2.75) is 10.9 Å². The third-order valence-electron chi connectivity index (χ3n) is 3.16. The second kappa shape index (κ2) is 7.59. The number of benzene rings is 2. The molecule has 1 heterocycles. The highest BCUT2D eigenvalue weighted by molar-refractivity contribution is 9.10. The number of H-pyrrole nitrogens is 1. The number of hydrogen-bond acceptors (Lipinski definition) is 4. The van der Waals surface area contributed by atoms with Crippen molar-refractivity contribution in [3.05, 3.63) is 70.2 Å². The number of rotatable bonds is 5. The van der Waals surface area contributed by atoms with E-state index in [4.69, 9.17) is 0 Å². The summed E-state index contributed by atoms with van der Waals surface area (Å²) in [7, 11) is 0. The normalized spacial score (nSPS) is 10.6. The Morgan fingerprint density at radius 3 is 2.71 bits per heavy atom. The zero-order chi connectivity index (χ0) is 16.9. The van der Waals surface area contributed by atoms with Crippen molar-refractivity contribution < 1.29 is 9.18 Å². The van der Waals surface area contributed by atoms with Crippen molar-refractivity contribution in [1.29, 1.82) is 0 Å². The topological polar surface area (TPSA) is 70.7 Å². The van der Waals surface area contributed by atoms with E-state index in [1.165, 1.54) is 30.2 Å². The van der Waals surface area contributed by atoms with Gasteiger partial charge in [-0.05, 0) is 35.9 Å². The van der Waals surface area contributed by atoms with Gasteiger partial charge in [0.2, 0.25) is 0 Å². The van der Waals surface area contributed by atoms with Gasteiger partial charge in [0.1, 0.15) is 12.1 Å². The summed E-state index contributed by atoms with van der Waals surface area (Å²) in [5.41, 5.74) is 1.65. The summed E-state index contributed by atoms with van der Waals surface area (Å²) >= 11 is 4.70. The highest BCUT2D eigenvalue weighted by Gasteiger charge is 2.10. The number of nitrogens with one attached hydrogen (secondary N) is 2. The van der Waals surface area contributed by atoms with Crippen LogP contribution >= 0.6 is 27.7 Å². The van der Waals surface area contributed by atoms with Gasteiger partial charge in [-0.3, -0.25) is 9.89 Å². The van der Waals surface area contributed by atoms with Gasteiger partial charge in [-0.15, -0.1) is 0 Å². The van der Waals surface area contributed by atoms with Crippen LogP contribution in [0, 0.1) is 5.82 Å². The minimum absolute atomic E-state index is 0.146. The van der Waals surface area contributed by atoms with Crippen molar-refractivity contribution in [1.82, 2.24) is 15.2 Å². The second-order valence-electron chi connectivity index (χ2n) is 4.85. The lowest BCUT2D eigenvalue weighted by atomic mass is 10.1. The van der Waals surface area contributed by atoms with Crippen LogP contribution in [0.5, 0.6) is 0 Å². The molecule has 0 atom stereocenters. The maximum absolute atomic E-state index is 13.8. The Hall–Kier alpha value is -2.19. The summed E-state index contributed by atoms with van der Waals surface area (Å²) in [5, 5.41) is 9.86. The Morgan fingerprint density at radius 2 is 2.04 bits per heavy atom. The summed E-state index contributed by atoms with van der Waals surface area (Å²) in [4.78, 5) is 16.2. The van der Waals surface area contributed by atoms with Crippen molar-refractivity contribution in [3.63, 3.8) is 0 Å². The van der Waals surface area contributed by atoms with E-state index in [1.807, 2.05) is 12.1 Å². The van der Waals surface area contributed by atoms with Crippen LogP contribution in [0.25, 0.3) is 0 Å². The van der Waals surface area contributed by atoms with Crippen LogP contribution in [0.1, 0.15) is 15.9 Å². The van der Waals surface area contributed by atoms with Crippen molar-refractivity contribution in [3.8, 4) is 0 Å². The van der Waals surface area contributed by atoms with Gasteiger partial charge in [-0.1, -0.05) is 39.8 Å². The average molecular weight is 407 g/mol. The van der Waals surface area contributed by atoms with Gasteiger partial charge in [0, 0.05) is 15.8 Å². The molecular weight excluding hydrogens is 395 g/mol. The van der Waals surface area contributed by atoms with Crippen LogP contribution < -0.4 is 5.32 Å². The third kappa shape index (κ3) is 4.21. The number of aromatic nitrogens is 3. The van der Waals surface area contributed by atoms with Crippen molar-refractivity contribution >= 4 is 39.3 Å². The maximum Gasteiger partial charge on any atom is 0.255 e. The molecule has 0 saturated heterocycles. The number of thioether (sulfide) groups is 1. The third-order valence-corrected chi connectivity index (χ3v) is 4.60. The van der Waals surface area contributed by atoms with Gasteiger partial charge in [-0.2, -0.15) is 5.10 Å². The molecule has 0 saturated carbocycles. The Bertz CT molecular complexity index is 840. The lowest BCUT2D eigenvalue weighted by Gasteiger charge is -2.07. The quantitative estimate of drug-likeness (QED) is 0.621. The largest absolute Gasteiger partial charge is 0.319 e. The Kier molecular flexibility index (Phi) is 5.27. The number of carbonyl (C=O) groups excluding carboxylic acids is 1. The van der Waals surface area contributed by atoms with Gasteiger partial charge >= 0.3 is 0 Å². The first-order valence-corrected chi connectivity index (χ1v) is 8.73. The van der Waals surface area contributed by atoms with E-state index in [0.717, 1.165) is 10.7 Å². The maximum atomic E-state index is 13.8. The number of anilines is 1. The van der Waals surface area contributed by atoms with Gasteiger partial charge in [0.25, 0.3) is 5.91 Å². The first kappa shape index (κ1) is 16.7. The standard InChI is InChI=1S/C16H12BrFN4OS/c17-12-5-6-14(13(18)7-12)21-15(23)11-3-1-10(2-4-11)8-24-16-19-9-20-22-16/h1-7,9H,8H2,(H,21,23)(H,19,20,22). The van der Waals surface area contributed by atoms with E-state index >= 15 is 0 Å². The molecule has 3 rings (SSSR count). The molecule has 3 aromatic rings. The first-order valence-electron chi connectivity index (χ1n) is 6.95. The number of aromatic amines is 1. The second-order valence-corrected chi connectivity index (χ2v) is 6.73. The Balaban J connectivity index is 1.63. The molecule has 2 aromatic carbocycles. The number of halogens is 2.